The molecule has 0 aromatic heterocycles. The Balaban J connectivity index is -0.000000335. The predicted molar refractivity (Wildman–Crippen MR) is 240 cm³/mol. The molecule has 0 fully saturated rings. The third-order valence-corrected chi connectivity index (χ3v) is 9.91. The zero-order valence-corrected chi connectivity index (χ0v) is 43.8. The largest absolute Gasteiger partial charge is 1.00 e. The first-order valence-corrected chi connectivity index (χ1v) is 21.5. The van der Waals surface area contributed by atoms with Crippen molar-refractivity contribution in [1.82, 2.24) is 0 Å². The Kier molecular flexibility index (Phi) is 31.3. The van der Waals surface area contributed by atoms with Gasteiger partial charge in [-0.25, -0.2) is 0 Å². The molecule has 0 spiro atoms. The summed E-state index contributed by atoms with van der Waals surface area (Å²) in [6, 6.07) is 8.10. The molecule has 0 amide bonds. The van der Waals surface area contributed by atoms with Crippen LogP contribution >= 0.6 is 0 Å². The molecule has 10 heteroatoms. The summed E-state index contributed by atoms with van der Waals surface area (Å²) >= 11 is 0. The van der Waals surface area contributed by atoms with Crippen molar-refractivity contribution in [3.63, 3.8) is 0 Å². The maximum Gasteiger partial charge on any atom is 1.00 e. The van der Waals surface area contributed by atoms with Crippen molar-refractivity contribution in [2.45, 2.75) is 119 Å². The molecule has 0 aliphatic carbocycles. The van der Waals surface area contributed by atoms with E-state index >= 15 is 0 Å². The van der Waals surface area contributed by atoms with Crippen LogP contribution in [0.25, 0.3) is 0 Å². The van der Waals surface area contributed by atoms with Crippen LogP contribution in [0.15, 0.2) is 24.3 Å². The summed E-state index contributed by atoms with van der Waals surface area (Å²) < 4.78 is 0. The molecule has 0 saturated carbocycles. The van der Waals surface area contributed by atoms with Gasteiger partial charge in [0.2, 0.25) is 0 Å². The predicted octanol–water partition coefficient (Wildman–Crippen LogP) is -7.08. The Morgan fingerprint density at radius 2 is 0.500 bits per heavy atom. The summed E-state index contributed by atoms with van der Waals surface area (Å²) in [5, 5.41) is 24.8. The second-order valence-corrected chi connectivity index (χ2v) is 22.1. The molecule has 6 N–H and O–H groups in total. The van der Waals surface area contributed by atoms with Gasteiger partial charge in [0.25, 0.3) is 0 Å². The summed E-state index contributed by atoms with van der Waals surface area (Å²) in [7, 11) is 22.3. The van der Waals surface area contributed by atoms with Crippen LogP contribution in [-0.2, 0) is 21.7 Å². The van der Waals surface area contributed by atoms with Crippen LogP contribution in [0, 0.1) is 13.8 Å². The molecule has 0 heterocycles. The minimum Gasteiger partial charge on any atom is -0.872 e. The third-order valence-electron chi connectivity index (χ3n) is 9.91. The van der Waals surface area contributed by atoms with E-state index in [-0.39, 0.29) is 70.9 Å². The Morgan fingerprint density at radius 1 is 0.345 bits per heavy atom. The van der Waals surface area contributed by atoms with Crippen LogP contribution in [0.2, 0.25) is 0 Å². The number of aryl methyl sites for hydroxylation is 2. The van der Waals surface area contributed by atoms with E-state index in [1.54, 1.807) is 29.4 Å². The number of quaternary nitrogens is 6. The van der Waals surface area contributed by atoms with Gasteiger partial charge in [-0.15, -0.1) is 11.5 Å². The molecule has 2 aromatic rings. The van der Waals surface area contributed by atoms with E-state index in [9.17, 15) is 10.2 Å². The minimum atomic E-state index is -0.0803. The molecule has 0 bridgehead atoms. The first kappa shape index (κ1) is 63.6. The Labute approximate surface area is 385 Å². The molecule has 58 heavy (non-hydrogen) atoms. The molecule has 0 atom stereocenters. The summed E-state index contributed by atoms with van der Waals surface area (Å²) in [5.74, 6) is 0.427. The van der Waals surface area contributed by atoms with Crippen molar-refractivity contribution in [3.8, 4) is 11.5 Å². The third kappa shape index (κ3) is 28.5. The maximum atomic E-state index is 12.4. The Morgan fingerprint density at radius 3 is 0.621 bits per heavy atom. The second-order valence-electron chi connectivity index (χ2n) is 22.1. The maximum absolute atomic E-state index is 12.4. The molecule has 0 aliphatic rings. The fourth-order valence-electron chi connectivity index (χ4n) is 5.88. The normalized spacial score (nSPS) is 12.1. The summed E-state index contributed by atoms with van der Waals surface area (Å²) in [4.78, 5) is 9.49. The smallest absolute Gasteiger partial charge is 0.872 e. The molecule has 0 saturated heterocycles. The van der Waals surface area contributed by atoms with Gasteiger partial charge in [-0.1, -0.05) is 118 Å². The van der Waals surface area contributed by atoms with Gasteiger partial charge in [0, 0.05) is 0 Å². The molecular weight excluding hydrogens is 706 g/mol. The zero-order chi connectivity index (χ0) is 44.6. The first-order chi connectivity index (χ1) is 25.1. The fraction of sp³-hybridized carbons (Fsp3) is 0.750. The van der Waals surface area contributed by atoms with Gasteiger partial charge in [-0.3, -0.25) is 0 Å². The van der Waals surface area contributed by atoms with Gasteiger partial charge in [0.05, 0.1) is 70.5 Å². The molecule has 0 aliphatic heterocycles. The van der Waals surface area contributed by atoms with Gasteiger partial charge in [-0.2, -0.15) is 0 Å². The van der Waals surface area contributed by atoms with E-state index in [0.29, 0.717) is 0 Å². The molecule has 8 nitrogen and oxygen atoms in total. The van der Waals surface area contributed by atoms with Gasteiger partial charge in [0.15, 0.2) is 0 Å². The van der Waals surface area contributed by atoms with E-state index in [2.05, 4.69) is 167 Å². The molecule has 0 unspecified atom stereocenters. The van der Waals surface area contributed by atoms with E-state index in [4.69, 9.17) is 0 Å². The van der Waals surface area contributed by atoms with Gasteiger partial charge in [0.1, 0.15) is 52.4 Å². The zero-order valence-electron chi connectivity index (χ0n) is 43.8. The fourth-order valence-corrected chi connectivity index (χ4v) is 5.88. The molecule has 2 aromatic carbocycles. The van der Waals surface area contributed by atoms with Crippen LogP contribution in [0.3, 0.4) is 0 Å². The number of likely N-dealkylation sites (N-methyl/N-ethyl adjacent to an activating group) is 6. The standard InChI is InChI=1S/2C15H24O.2C9H23N3.2Li/c2*1-10-8-11(14(2,3)4)13(16)12(9-10)15(5,6)7;2*1-10(2)6-8-12(5)9-7-11(3)4;;/h2*8-9,16H,1-7H3;2*6-9H2,1-5H3;;/q;;;;2*+1/p+4. The van der Waals surface area contributed by atoms with Crippen LogP contribution in [0.4, 0.5) is 0 Å². The number of hydrogen-bond acceptors (Lipinski definition) is 2. The van der Waals surface area contributed by atoms with Crippen molar-refractivity contribution in [2.24, 2.45) is 0 Å². The average Bonchev–Trinajstić information content (AvgIpc) is 3.01. The SMILES string of the molecule is C[NH+](C)CC[NH+](C)CC[NH+](C)C.C[NH+](C)CC[NH+](C)CC[NH+](C)C.Cc1cc(C(C)(C)C)c([O-])c(C(C)(C)C)c1.Cc1cc(C(C)(C)C)c([O-])c(C(C)(C)C)c1.[Li+].[Li+]. The topological polar surface area (TPSA) is 72.8 Å². The van der Waals surface area contributed by atoms with E-state index in [1.165, 1.54) is 63.5 Å². The van der Waals surface area contributed by atoms with Crippen LogP contribution in [0.1, 0.15) is 116 Å². The van der Waals surface area contributed by atoms with Crippen molar-refractivity contribution >= 4 is 0 Å². The summed E-state index contributed by atoms with van der Waals surface area (Å²) in [6.07, 6.45) is 0. The minimum absolute atomic E-state index is 0. The van der Waals surface area contributed by atoms with Crippen molar-refractivity contribution in [3.05, 3.63) is 57.6 Å². The van der Waals surface area contributed by atoms with E-state index in [0.717, 1.165) is 22.3 Å². The second kappa shape index (κ2) is 28.6. The molecule has 0 radical (unpaired) electrons. The first-order valence-electron chi connectivity index (χ1n) is 21.5. The number of hydrogen-bond donors (Lipinski definition) is 6. The van der Waals surface area contributed by atoms with E-state index < -0.39 is 0 Å². The quantitative estimate of drug-likeness (QED) is 0.121. The molecule has 328 valence electrons. The van der Waals surface area contributed by atoms with Crippen LogP contribution in [-0.4, -0.2) is 123 Å². The van der Waals surface area contributed by atoms with E-state index in [1.807, 2.05) is 24.3 Å². The molecular formula is C48H98Li2N6O2+6. The van der Waals surface area contributed by atoms with Crippen molar-refractivity contribution in [2.75, 3.05) is 123 Å². The number of nitrogens with one attached hydrogen (secondary N) is 6. The summed E-state index contributed by atoms with van der Waals surface area (Å²) in [5.41, 5.74) is 5.74. The number of benzene rings is 2. The van der Waals surface area contributed by atoms with Crippen molar-refractivity contribution in [1.29, 1.82) is 0 Å². The van der Waals surface area contributed by atoms with Crippen LogP contribution < -0.4 is 77.3 Å². The average molecular weight is 805 g/mol. The van der Waals surface area contributed by atoms with Crippen molar-refractivity contribution < 1.29 is 77.3 Å². The van der Waals surface area contributed by atoms with Gasteiger partial charge in [-0.05, 0) is 57.8 Å². The van der Waals surface area contributed by atoms with Gasteiger partial charge < -0.3 is 39.6 Å². The molecule has 2 rings (SSSR count). The number of rotatable bonds is 12. The monoisotopic (exact) mass is 805 g/mol. The van der Waals surface area contributed by atoms with Gasteiger partial charge >= 0.3 is 37.7 Å². The summed E-state index contributed by atoms with van der Waals surface area (Å²) in [6.45, 7) is 39.5. The Bertz CT molecular complexity index is 1190. The Hall–Kier alpha value is -1.01. The van der Waals surface area contributed by atoms with Crippen LogP contribution in [0.5, 0.6) is 11.5 Å².